The summed E-state index contributed by atoms with van der Waals surface area (Å²) in [5.74, 6) is 0. The highest BCUT2D eigenvalue weighted by Crippen LogP contribution is 2.23. The molecule has 0 aliphatic carbocycles. The first-order chi connectivity index (χ1) is 5.79. The lowest BCUT2D eigenvalue weighted by Gasteiger charge is -1.93. The molecular formula is C8H9N3S. The van der Waals surface area contributed by atoms with Gasteiger partial charge in [-0.1, -0.05) is 17.4 Å². The zero-order valence-electron chi connectivity index (χ0n) is 6.45. The number of nitrogens with zero attached hydrogens (tertiary/aromatic N) is 1. The van der Waals surface area contributed by atoms with Crippen molar-refractivity contribution in [1.29, 1.82) is 0 Å². The second-order valence-corrected chi connectivity index (χ2v) is 3.62. The van der Waals surface area contributed by atoms with Gasteiger partial charge in [-0.3, -0.25) is 0 Å². The van der Waals surface area contributed by atoms with E-state index >= 15 is 0 Å². The summed E-state index contributed by atoms with van der Waals surface area (Å²) in [6, 6.07) is 5.98. The molecule has 4 N–H and O–H groups in total. The maximum atomic E-state index is 5.56. The van der Waals surface area contributed by atoms with Gasteiger partial charge in [-0.2, -0.15) is 0 Å². The summed E-state index contributed by atoms with van der Waals surface area (Å²) in [5.41, 5.74) is 13.1. The number of hydrogen-bond acceptors (Lipinski definition) is 4. The lowest BCUT2D eigenvalue weighted by atomic mass is 10.2. The van der Waals surface area contributed by atoms with E-state index in [9.17, 15) is 0 Å². The number of aromatic nitrogens is 1. The second-order valence-electron chi connectivity index (χ2n) is 2.56. The third-order valence-corrected chi connectivity index (χ3v) is 2.57. The first-order valence-corrected chi connectivity index (χ1v) is 4.46. The minimum absolute atomic E-state index is 0.549. The molecule has 0 unspecified atom stereocenters. The predicted octanol–water partition coefficient (Wildman–Crippen LogP) is 1.34. The number of nitrogens with two attached hydrogens (primary N) is 2. The van der Waals surface area contributed by atoms with Crippen molar-refractivity contribution in [1.82, 2.24) is 4.98 Å². The SMILES string of the molecule is NCc1ccc2sc(N)nc2c1. The zero-order chi connectivity index (χ0) is 8.55. The van der Waals surface area contributed by atoms with Crippen LogP contribution in [0.2, 0.25) is 0 Å². The summed E-state index contributed by atoms with van der Waals surface area (Å²) < 4.78 is 1.12. The maximum absolute atomic E-state index is 5.56. The lowest BCUT2D eigenvalue weighted by molar-refractivity contribution is 1.07. The fourth-order valence-corrected chi connectivity index (χ4v) is 1.83. The van der Waals surface area contributed by atoms with Gasteiger partial charge >= 0.3 is 0 Å². The van der Waals surface area contributed by atoms with Gasteiger partial charge in [0.15, 0.2) is 5.13 Å². The number of rotatable bonds is 1. The van der Waals surface area contributed by atoms with Crippen molar-refractivity contribution in [2.45, 2.75) is 6.54 Å². The van der Waals surface area contributed by atoms with Crippen LogP contribution in [0, 0.1) is 0 Å². The van der Waals surface area contributed by atoms with Gasteiger partial charge in [0, 0.05) is 6.54 Å². The highest BCUT2D eigenvalue weighted by atomic mass is 32.1. The average Bonchev–Trinajstić information content (AvgIpc) is 2.43. The van der Waals surface area contributed by atoms with Crippen LogP contribution in [0.25, 0.3) is 10.2 Å². The molecule has 0 radical (unpaired) electrons. The van der Waals surface area contributed by atoms with E-state index in [2.05, 4.69) is 4.98 Å². The lowest BCUT2D eigenvalue weighted by Crippen LogP contribution is -1.94. The van der Waals surface area contributed by atoms with Crippen LogP contribution >= 0.6 is 11.3 Å². The van der Waals surface area contributed by atoms with Crippen LogP contribution in [0.3, 0.4) is 0 Å². The van der Waals surface area contributed by atoms with E-state index in [1.807, 2.05) is 18.2 Å². The third-order valence-electron chi connectivity index (χ3n) is 1.70. The van der Waals surface area contributed by atoms with Gasteiger partial charge in [0.1, 0.15) is 0 Å². The van der Waals surface area contributed by atoms with E-state index < -0.39 is 0 Å². The van der Waals surface area contributed by atoms with E-state index in [0.717, 1.165) is 15.8 Å². The minimum atomic E-state index is 0.549. The molecule has 0 saturated heterocycles. The Bertz CT molecular complexity index is 408. The van der Waals surface area contributed by atoms with Crippen molar-refractivity contribution in [3.8, 4) is 0 Å². The standard InChI is InChI=1S/C8H9N3S/c9-4-5-1-2-7-6(3-5)11-8(10)12-7/h1-3H,4,9H2,(H2,10,11). The van der Waals surface area contributed by atoms with Crippen LogP contribution in [0.1, 0.15) is 5.56 Å². The van der Waals surface area contributed by atoms with Crippen molar-refractivity contribution in [3.05, 3.63) is 23.8 Å². The van der Waals surface area contributed by atoms with E-state index in [1.54, 1.807) is 0 Å². The van der Waals surface area contributed by atoms with Crippen LogP contribution in [0.15, 0.2) is 18.2 Å². The topological polar surface area (TPSA) is 64.9 Å². The number of fused-ring (bicyclic) bond motifs is 1. The fourth-order valence-electron chi connectivity index (χ4n) is 1.12. The van der Waals surface area contributed by atoms with E-state index in [4.69, 9.17) is 11.5 Å². The first-order valence-electron chi connectivity index (χ1n) is 3.64. The minimum Gasteiger partial charge on any atom is -0.375 e. The Balaban J connectivity index is 2.66. The maximum Gasteiger partial charge on any atom is 0.181 e. The number of benzene rings is 1. The molecule has 2 aromatic rings. The predicted molar refractivity (Wildman–Crippen MR) is 51.9 cm³/mol. The Morgan fingerprint density at radius 1 is 1.42 bits per heavy atom. The van der Waals surface area contributed by atoms with Crippen LogP contribution in [-0.4, -0.2) is 4.98 Å². The quantitative estimate of drug-likeness (QED) is 0.694. The molecule has 0 aliphatic rings. The Kier molecular flexibility index (Phi) is 1.71. The van der Waals surface area contributed by atoms with Crippen molar-refractivity contribution in [2.75, 3.05) is 5.73 Å². The largest absolute Gasteiger partial charge is 0.375 e. The van der Waals surface area contributed by atoms with Gasteiger partial charge in [-0.25, -0.2) is 4.98 Å². The van der Waals surface area contributed by atoms with Gasteiger partial charge in [-0.05, 0) is 17.7 Å². The number of thiazole rings is 1. The summed E-state index contributed by atoms with van der Waals surface area (Å²) in [7, 11) is 0. The first kappa shape index (κ1) is 7.52. The Morgan fingerprint density at radius 2 is 2.25 bits per heavy atom. The van der Waals surface area contributed by atoms with Crippen LogP contribution in [0.4, 0.5) is 5.13 Å². The molecular weight excluding hydrogens is 170 g/mol. The van der Waals surface area contributed by atoms with E-state index in [0.29, 0.717) is 11.7 Å². The summed E-state index contributed by atoms with van der Waals surface area (Å²) in [6.07, 6.45) is 0. The molecule has 2 rings (SSSR count). The molecule has 3 nitrogen and oxygen atoms in total. The van der Waals surface area contributed by atoms with E-state index in [1.165, 1.54) is 11.3 Å². The Labute approximate surface area is 74.0 Å². The molecule has 0 spiro atoms. The molecule has 0 aliphatic heterocycles. The second kappa shape index (κ2) is 2.73. The molecule has 62 valence electrons. The van der Waals surface area contributed by atoms with Gasteiger partial charge in [-0.15, -0.1) is 0 Å². The van der Waals surface area contributed by atoms with Crippen LogP contribution in [-0.2, 0) is 6.54 Å². The van der Waals surface area contributed by atoms with Crippen molar-refractivity contribution in [2.24, 2.45) is 5.73 Å². The molecule has 1 aromatic heterocycles. The smallest absolute Gasteiger partial charge is 0.181 e. The number of anilines is 1. The summed E-state index contributed by atoms with van der Waals surface area (Å²) in [5, 5.41) is 0.610. The normalized spacial score (nSPS) is 10.8. The van der Waals surface area contributed by atoms with E-state index in [-0.39, 0.29) is 0 Å². The van der Waals surface area contributed by atoms with Crippen molar-refractivity contribution in [3.63, 3.8) is 0 Å². The van der Waals surface area contributed by atoms with Gasteiger partial charge in [0.25, 0.3) is 0 Å². The van der Waals surface area contributed by atoms with Crippen molar-refractivity contribution < 1.29 is 0 Å². The summed E-state index contributed by atoms with van der Waals surface area (Å²) >= 11 is 1.50. The zero-order valence-corrected chi connectivity index (χ0v) is 7.27. The summed E-state index contributed by atoms with van der Waals surface area (Å²) in [6.45, 7) is 0.549. The Morgan fingerprint density at radius 3 is 3.00 bits per heavy atom. The van der Waals surface area contributed by atoms with Gasteiger partial charge in [0.05, 0.1) is 10.2 Å². The third kappa shape index (κ3) is 1.15. The fraction of sp³-hybridized carbons (Fsp3) is 0.125. The van der Waals surface area contributed by atoms with Gasteiger partial charge < -0.3 is 11.5 Å². The molecule has 12 heavy (non-hydrogen) atoms. The average molecular weight is 179 g/mol. The Hall–Kier alpha value is -1.13. The summed E-state index contributed by atoms with van der Waals surface area (Å²) in [4.78, 5) is 4.16. The molecule has 0 fully saturated rings. The highest BCUT2D eigenvalue weighted by molar-refractivity contribution is 7.22. The monoisotopic (exact) mass is 179 g/mol. The molecule has 1 heterocycles. The molecule has 0 bridgehead atoms. The highest BCUT2D eigenvalue weighted by Gasteiger charge is 2.00. The molecule has 0 amide bonds. The number of nitrogen functional groups attached to an aromatic ring is 1. The van der Waals surface area contributed by atoms with Crippen LogP contribution in [0.5, 0.6) is 0 Å². The van der Waals surface area contributed by atoms with Crippen LogP contribution < -0.4 is 11.5 Å². The molecule has 1 aromatic carbocycles. The molecule has 0 atom stereocenters. The molecule has 4 heteroatoms. The molecule has 0 saturated carbocycles. The van der Waals surface area contributed by atoms with Crippen molar-refractivity contribution >= 4 is 26.7 Å². The number of hydrogen-bond donors (Lipinski definition) is 2. The van der Waals surface area contributed by atoms with Gasteiger partial charge in [0.2, 0.25) is 0 Å².